The van der Waals surface area contributed by atoms with Crippen LogP contribution in [0.3, 0.4) is 0 Å². The lowest BCUT2D eigenvalue weighted by Gasteiger charge is -2.22. The number of rotatable bonds is 2. The van der Waals surface area contributed by atoms with Gasteiger partial charge in [-0.2, -0.15) is 0 Å². The minimum Gasteiger partial charge on any atom is -0.366 e. The number of nitrogens with one attached hydrogen (secondary N) is 2. The van der Waals surface area contributed by atoms with Gasteiger partial charge in [0.05, 0.1) is 11.1 Å². The maximum atomic E-state index is 11.8. The summed E-state index contributed by atoms with van der Waals surface area (Å²) in [6.07, 6.45) is 1.18. The zero-order valence-electron chi connectivity index (χ0n) is 8.57. The highest BCUT2D eigenvalue weighted by molar-refractivity contribution is 9.10. The van der Waals surface area contributed by atoms with Crippen LogP contribution in [0.2, 0.25) is 0 Å². The van der Waals surface area contributed by atoms with E-state index >= 15 is 0 Å². The number of carbonyl (C=O) groups is 1. The smallest absolute Gasteiger partial charge is 0.256 e. The van der Waals surface area contributed by atoms with Crippen LogP contribution in [0.15, 0.2) is 22.8 Å². The molecule has 1 fully saturated rings. The van der Waals surface area contributed by atoms with Crippen LogP contribution >= 0.6 is 15.9 Å². The van der Waals surface area contributed by atoms with Gasteiger partial charge in [0.25, 0.3) is 5.91 Å². The lowest BCUT2D eigenvalue weighted by atomic mass is 10.3. The normalized spacial score (nSPS) is 20.4. The molecule has 1 aliphatic rings. The molecule has 0 bridgehead atoms. The minimum absolute atomic E-state index is 0.174. The molecule has 1 saturated heterocycles. The first-order valence-corrected chi connectivity index (χ1v) is 5.80. The van der Waals surface area contributed by atoms with Crippen LogP contribution in [0.5, 0.6) is 0 Å². The Hall–Kier alpha value is -0.980. The second-order valence-corrected chi connectivity index (χ2v) is 4.24. The van der Waals surface area contributed by atoms with E-state index in [4.69, 9.17) is 4.74 Å². The zero-order chi connectivity index (χ0) is 11.4. The minimum atomic E-state index is -0.442. The summed E-state index contributed by atoms with van der Waals surface area (Å²) in [6, 6.07) is 3.61. The van der Waals surface area contributed by atoms with E-state index in [9.17, 15) is 4.79 Å². The Bertz CT molecular complexity index is 380. The van der Waals surface area contributed by atoms with Crippen molar-refractivity contribution >= 4 is 27.7 Å². The Morgan fingerprint density at radius 3 is 3.25 bits per heavy atom. The largest absolute Gasteiger partial charge is 0.366 e. The van der Waals surface area contributed by atoms with E-state index in [1.165, 1.54) is 0 Å². The van der Waals surface area contributed by atoms with Crippen LogP contribution in [-0.2, 0) is 9.53 Å². The first kappa shape index (κ1) is 11.5. The predicted molar refractivity (Wildman–Crippen MR) is 63.2 cm³/mol. The summed E-state index contributed by atoms with van der Waals surface area (Å²) in [6.45, 7) is 1.88. The van der Waals surface area contributed by atoms with E-state index in [0.29, 0.717) is 19.0 Å². The van der Waals surface area contributed by atoms with Crippen LogP contribution in [0.4, 0.5) is 5.82 Å². The molecule has 2 rings (SSSR count). The molecule has 1 atom stereocenters. The molecular weight excluding hydrogens is 274 g/mol. The molecule has 0 radical (unpaired) electrons. The molecule has 1 amide bonds. The van der Waals surface area contributed by atoms with Crippen molar-refractivity contribution < 1.29 is 9.53 Å². The SMILES string of the molecule is O=C(Nc1ncccc1Br)C1CNCCO1. The molecule has 16 heavy (non-hydrogen) atoms. The molecule has 86 valence electrons. The molecule has 0 aliphatic carbocycles. The lowest BCUT2D eigenvalue weighted by Crippen LogP contribution is -2.45. The summed E-state index contributed by atoms with van der Waals surface area (Å²) in [5.74, 6) is 0.341. The zero-order valence-corrected chi connectivity index (χ0v) is 10.2. The first-order chi connectivity index (χ1) is 7.77. The summed E-state index contributed by atoms with van der Waals surface area (Å²) in [5.41, 5.74) is 0. The number of anilines is 1. The van der Waals surface area contributed by atoms with Crippen LogP contribution in [0.25, 0.3) is 0 Å². The van der Waals surface area contributed by atoms with Crippen LogP contribution in [0.1, 0.15) is 0 Å². The number of pyridine rings is 1. The van der Waals surface area contributed by atoms with Crippen molar-refractivity contribution in [2.24, 2.45) is 0 Å². The number of hydrogen-bond donors (Lipinski definition) is 2. The third kappa shape index (κ3) is 2.78. The van der Waals surface area contributed by atoms with Gasteiger partial charge in [0.2, 0.25) is 0 Å². The van der Waals surface area contributed by atoms with Crippen molar-refractivity contribution in [3.05, 3.63) is 22.8 Å². The Balaban J connectivity index is 1.99. The summed E-state index contributed by atoms with van der Waals surface area (Å²) in [7, 11) is 0. The third-order valence-corrected chi connectivity index (χ3v) is 2.86. The summed E-state index contributed by atoms with van der Waals surface area (Å²) in [5, 5.41) is 5.82. The second-order valence-electron chi connectivity index (χ2n) is 3.39. The van der Waals surface area contributed by atoms with Gasteiger partial charge in [-0.1, -0.05) is 0 Å². The average Bonchev–Trinajstić information content (AvgIpc) is 2.33. The number of hydrogen-bond acceptors (Lipinski definition) is 4. The number of halogens is 1. The molecule has 5 nitrogen and oxygen atoms in total. The topological polar surface area (TPSA) is 63.2 Å². The first-order valence-electron chi connectivity index (χ1n) is 5.01. The number of ether oxygens (including phenoxy) is 1. The third-order valence-electron chi connectivity index (χ3n) is 2.22. The Labute approximate surface area is 102 Å². The molecule has 0 aromatic carbocycles. The van der Waals surface area contributed by atoms with Gasteiger partial charge in [-0.05, 0) is 28.1 Å². The van der Waals surface area contributed by atoms with Crippen molar-refractivity contribution in [3.8, 4) is 0 Å². The van der Waals surface area contributed by atoms with Gasteiger partial charge in [0.15, 0.2) is 0 Å². The van der Waals surface area contributed by atoms with Gasteiger partial charge in [0.1, 0.15) is 11.9 Å². The molecular formula is C10H12BrN3O2. The molecule has 6 heteroatoms. The van der Waals surface area contributed by atoms with Gasteiger partial charge in [-0.15, -0.1) is 0 Å². The Morgan fingerprint density at radius 1 is 1.69 bits per heavy atom. The fourth-order valence-electron chi connectivity index (χ4n) is 1.41. The fraction of sp³-hybridized carbons (Fsp3) is 0.400. The second kappa shape index (κ2) is 5.38. The van der Waals surface area contributed by atoms with Crippen LogP contribution in [-0.4, -0.2) is 36.7 Å². The van der Waals surface area contributed by atoms with E-state index in [1.54, 1.807) is 12.3 Å². The highest BCUT2D eigenvalue weighted by Gasteiger charge is 2.22. The average molecular weight is 286 g/mol. The molecule has 1 aromatic rings. The van der Waals surface area contributed by atoms with Gasteiger partial charge >= 0.3 is 0 Å². The van der Waals surface area contributed by atoms with Crippen molar-refractivity contribution in [3.63, 3.8) is 0 Å². The van der Waals surface area contributed by atoms with Crippen molar-refractivity contribution in [1.82, 2.24) is 10.3 Å². The van der Waals surface area contributed by atoms with Gasteiger partial charge in [0, 0.05) is 19.3 Å². The van der Waals surface area contributed by atoms with E-state index in [2.05, 4.69) is 31.5 Å². The number of aromatic nitrogens is 1. The molecule has 1 unspecified atom stereocenters. The number of nitrogens with zero attached hydrogens (tertiary/aromatic N) is 1. The van der Waals surface area contributed by atoms with Crippen molar-refractivity contribution in [2.75, 3.05) is 25.0 Å². The number of amides is 1. The number of carbonyl (C=O) groups excluding carboxylic acids is 1. The maximum absolute atomic E-state index is 11.8. The summed E-state index contributed by atoms with van der Waals surface area (Å²) >= 11 is 3.32. The molecule has 0 saturated carbocycles. The standard InChI is InChI=1S/C10H12BrN3O2/c11-7-2-1-3-13-9(7)14-10(15)8-6-12-4-5-16-8/h1-3,8,12H,4-6H2,(H,13,14,15). The molecule has 1 aliphatic heterocycles. The van der Waals surface area contributed by atoms with Crippen LogP contribution < -0.4 is 10.6 Å². The maximum Gasteiger partial charge on any atom is 0.256 e. The molecule has 2 heterocycles. The highest BCUT2D eigenvalue weighted by atomic mass is 79.9. The van der Waals surface area contributed by atoms with Gasteiger partial charge < -0.3 is 15.4 Å². The van der Waals surface area contributed by atoms with Crippen LogP contribution in [0, 0.1) is 0 Å². The van der Waals surface area contributed by atoms with E-state index < -0.39 is 6.10 Å². The monoisotopic (exact) mass is 285 g/mol. The molecule has 0 spiro atoms. The molecule has 1 aromatic heterocycles. The lowest BCUT2D eigenvalue weighted by molar-refractivity contribution is -0.128. The van der Waals surface area contributed by atoms with Crippen molar-refractivity contribution in [2.45, 2.75) is 6.10 Å². The number of morpholine rings is 1. The highest BCUT2D eigenvalue weighted by Crippen LogP contribution is 2.18. The van der Waals surface area contributed by atoms with E-state index in [-0.39, 0.29) is 5.91 Å². The van der Waals surface area contributed by atoms with E-state index in [0.717, 1.165) is 11.0 Å². The fourth-order valence-corrected chi connectivity index (χ4v) is 1.76. The Kier molecular flexibility index (Phi) is 3.87. The summed E-state index contributed by atoms with van der Waals surface area (Å²) < 4.78 is 6.09. The summed E-state index contributed by atoms with van der Waals surface area (Å²) in [4.78, 5) is 15.8. The van der Waals surface area contributed by atoms with E-state index in [1.807, 2.05) is 6.07 Å². The predicted octanol–water partition coefficient (Wildman–Crippen LogP) is 0.771. The van der Waals surface area contributed by atoms with Gasteiger partial charge in [-0.3, -0.25) is 4.79 Å². The quantitative estimate of drug-likeness (QED) is 0.843. The van der Waals surface area contributed by atoms with Crippen molar-refractivity contribution in [1.29, 1.82) is 0 Å². The molecule has 2 N–H and O–H groups in total. The van der Waals surface area contributed by atoms with Gasteiger partial charge in [-0.25, -0.2) is 4.98 Å². The Morgan fingerprint density at radius 2 is 2.56 bits per heavy atom.